The highest BCUT2D eigenvalue weighted by Gasteiger charge is 2.22. The van der Waals surface area contributed by atoms with Crippen LogP contribution in [0, 0.1) is 5.92 Å². The zero-order chi connectivity index (χ0) is 13.0. The highest BCUT2D eigenvalue weighted by atomic mass is 16.2. The van der Waals surface area contributed by atoms with Gasteiger partial charge in [-0.2, -0.15) is 0 Å². The van der Waals surface area contributed by atoms with Crippen LogP contribution in [-0.4, -0.2) is 61.5 Å². The summed E-state index contributed by atoms with van der Waals surface area (Å²) in [6.07, 6.45) is 4.34. The molecule has 2 rings (SSSR count). The Bertz CT molecular complexity index is 282. The molecule has 2 fully saturated rings. The molecule has 2 unspecified atom stereocenters. The van der Waals surface area contributed by atoms with Gasteiger partial charge < -0.3 is 15.1 Å². The molecule has 0 bridgehead atoms. The number of nitrogens with zero attached hydrogens (tertiary/aromatic N) is 2. The first-order valence-electron chi connectivity index (χ1n) is 7.35. The van der Waals surface area contributed by atoms with E-state index in [9.17, 15) is 4.79 Å². The van der Waals surface area contributed by atoms with Crippen molar-refractivity contribution in [2.75, 3.05) is 39.8 Å². The summed E-state index contributed by atoms with van der Waals surface area (Å²) in [6.45, 7) is 7.31. The summed E-state index contributed by atoms with van der Waals surface area (Å²) < 4.78 is 0. The summed E-state index contributed by atoms with van der Waals surface area (Å²) in [6, 6.07) is 0.450. The molecule has 2 atom stereocenters. The number of amides is 1. The van der Waals surface area contributed by atoms with E-state index in [1.54, 1.807) is 0 Å². The lowest BCUT2D eigenvalue weighted by molar-refractivity contribution is -0.132. The number of hydrogen-bond acceptors (Lipinski definition) is 3. The lowest BCUT2D eigenvalue weighted by atomic mass is 10.0. The first-order chi connectivity index (χ1) is 8.65. The lowest BCUT2D eigenvalue weighted by Gasteiger charge is -2.32. The van der Waals surface area contributed by atoms with E-state index in [1.807, 2.05) is 4.90 Å². The number of hydrogen-bond donors (Lipinski definition) is 1. The third-order valence-corrected chi connectivity index (χ3v) is 4.21. The fourth-order valence-corrected chi connectivity index (χ4v) is 3.12. The summed E-state index contributed by atoms with van der Waals surface area (Å²) in [5.41, 5.74) is 0. The fraction of sp³-hybridized carbons (Fsp3) is 0.929. The van der Waals surface area contributed by atoms with Crippen molar-refractivity contribution in [1.82, 2.24) is 15.1 Å². The molecule has 0 saturated carbocycles. The smallest absolute Gasteiger partial charge is 0.222 e. The molecule has 0 radical (unpaired) electrons. The molecule has 4 heteroatoms. The number of rotatable bonds is 4. The standard InChI is InChI=1S/C14H27N3O/c1-12-10-17(9-7-15-12)14(18)5-3-4-13-6-8-16(2)11-13/h12-13,15H,3-11H2,1-2H3. The number of carbonyl (C=O) groups is 1. The van der Waals surface area contributed by atoms with E-state index in [4.69, 9.17) is 0 Å². The lowest BCUT2D eigenvalue weighted by Crippen LogP contribution is -2.51. The third kappa shape index (κ3) is 3.95. The number of carbonyl (C=O) groups excluding carboxylic acids is 1. The van der Waals surface area contributed by atoms with Gasteiger partial charge in [0.15, 0.2) is 0 Å². The molecule has 0 aromatic carbocycles. The maximum absolute atomic E-state index is 12.1. The van der Waals surface area contributed by atoms with E-state index >= 15 is 0 Å². The van der Waals surface area contributed by atoms with Crippen molar-refractivity contribution in [2.24, 2.45) is 5.92 Å². The minimum absolute atomic E-state index is 0.356. The Hall–Kier alpha value is -0.610. The highest BCUT2D eigenvalue weighted by Crippen LogP contribution is 2.20. The quantitative estimate of drug-likeness (QED) is 0.809. The predicted molar refractivity (Wildman–Crippen MR) is 73.5 cm³/mol. The largest absolute Gasteiger partial charge is 0.340 e. The number of piperazine rings is 1. The number of nitrogens with one attached hydrogen (secondary N) is 1. The van der Waals surface area contributed by atoms with Crippen molar-refractivity contribution in [3.05, 3.63) is 0 Å². The molecule has 2 aliphatic heterocycles. The van der Waals surface area contributed by atoms with E-state index in [-0.39, 0.29) is 0 Å². The summed E-state index contributed by atoms with van der Waals surface area (Å²) in [4.78, 5) is 16.5. The molecule has 0 aliphatic carbocycles. The van der Waals surface area contributed by atoms with Crippen LogP contribution in [0.5, 0.6) is 0 Å². The molecule has 4 nitrogen and oxygen atoms in total. The van der Waals surface area contributed by atoms with Crippen LogP contribution < -0.4 is 5.32 Å². The van der Waals surface area contributed by atoms with E-state index in [0.29, 0.717) is 11.9 Å². The molecule has 104 valence electrons. The minimum Gasteiger partial charge on any atom is -0.340 e. The zero-order valence-corrected chi connectivity index (χ0v) is 11.8. The zero-order valence-electron chi connectivity index (χ0n) is 11.8. The molecule has 1 N–H and O–H groups in total. The monoisotopic (exact) mass is 253 g/mol. The average Bonchev–Trinajstić information content (AvgIpc) is 2.75. The average molecular weight is 253 g/mol. The van der Waals surface area contributed by atoms with E-state index in [0.717, 1.165) is 38.4 Å². The van der Waals surface area contributed by atoms with E-state index in [2.05, 4.69) is 24.2 Å². The van der Waals surface area contributed by atoms with Crippen LogP contribution >= 0.6 is 0 Å². The summed E-state index contributed by atoms with van der Waals surface area (Å²) >= 11 is 0. The van der Waals surface area contributed by atoms with Crippen LogP contribution in [0.3, 0.4) is 0 Å². The first-order valence-corrected chi connectivity index (χ1v) is 7.35. The minimum atomic E-state index is 0.356. The summed E-state index contributed by atoms with van der Waals surface area (Å²) in [7, 11) is 2.19. The molecule has 1 amide bonds. The van der Waals surface area contributed by atoms with Crippen LogP contribution in [0.2, 0.25) is 0 Å². The van der Waals surface area contributed by atoms with Gasteiger partial charge in [0, 0.05) is 38.6 Å². The highest BCUT2D eigenvalue weighted by molar-refractivity contribution is 5.76. The van der Waals surface area contributed by atoms with Crippen molar-refractivity contribution >= 4 is 5.91 Å². The van der Waals surface area contributed by atoms with Crippen molar-refractivity contribution in [1.29, 1.82) is 0 Å². The molecule has 2 aliphatic rings. The first kappa shape index (κ1) is 13.8. The Morgan fingerprint density at radius 2 is 2.17 bits per heavy atom. The maximum atomic E-state index is 12.1. The van der Waals surface area contributed by atoms with Crippen molar-refractivity contribution in [3.8, 4) is 0 Å². The van der Waals surface area contributed by atoms with Gasteiger partial charge in [-0.1, -0.05) is 0 Å². The normalized spacial score (nSPS) is 29.8. The molecular weight excluding hydrogens is 226 g/mol. The van der Waals surface area contributed by atoms with Gasteiger partial charge in [-0.3, -0.25) is 4.79 Å². The van der Waals surface area contributed by atoms with Gasteiger partial charge in [-0.15, -0.1) is 0 Å². The predicted octanol–water partition coefficient (Wildman–Crippen LogP) is 0.929. The van der Waals surface area contributed by atoms with E-state index < -0.39 is 0 Å². The van der Waals surface area contributed by atoms with Crippen LogP contribution in [0.4, 0.5) is 0 Å². The molecular formula is C14H27N3O. The summed E-state index contributed by atoms with van der Waals surface area (Å²) in [5, 5.41) is 3.37. The Morgan fingerprint density at radius 3 is 2.83 bits per heavy atom. The van der Waals surface area contributed by atoms with Crippen LogP contribution in [0.15, 0.2) is 0 Å². The molecule has 0 aromatic rings. The summed E-state index contributed by atoms with van der Waals surface area (Å²) in [5.74, 6) is 1.18. The van der Waals surface area contributed by atoms with Crippen LogP contribution in [-0.2, 0) is 4.79 Å². The van der Waals surface area contributed by atoms with Gasteiger partial charge in [0.05, 0.1) is 0 Å². The molecule has 18 heavy (non-hydrogen) atoms. The Labute approximate surface area is 111 Å². The topological polar surface area (TPSA) is 35.6 Å². The number of likely N-dealkylation sites (tertiary alicyclic amines) is 1. The van der Waals surface area contributed by atoms with Gasteiger partial charge in [-0.25, -0.2) is 0 Å². The molecule has 0 aromatic heterocycles. The van der Waals surface area contributed by atoms with Gasteiger partial charge in [-0.05, 0) is 45.7 Å². The van der Waals surface area contributed by atoms with Crippen LogP contribution in [0.1, 0.15) is 32.6 Å². The van der Waals surface area contributed by atoms with Crippen molar-refractivity contribution < 1.29 is 4.79 Å². The fourth-order valence-electron chi connectivity index (χ4n) is 3.12. The van der Waals surface area contributed by atoms with Gasteiger partial charge in [0.25, 0.3) is 0 Å². The Morgan fingerprint density at radius 1 is 1.33 bits per heavy atom. The van der Waals surface area contributed by atoms with Crippen molar-refractivity contribution in [2.45, 2.75) is 38.6 Å². The van der Waals surface area contributed by atoms with Gasteiger partial charge >= 0.3 is 0 Å². The van der Waals surface area contributed by atoms with Gasteiger partial charge in [0.1, 0.15) is 0 Å². The Kier molecular flexibility index (Phi) is 5.01. The molecule has 2 saturated heterocycles. The molecule has 2 heterocycles. The Balaban J connectivity index is 1.62. The second kappa shape index (κ2) is 6.53. The third-order valence-electron chi connectivity index (χ3n) is 4.21. The molecule has 0 spiro atoms. The SMILES string of the molecule is CC1CN(C(=O)CCCC2CCN(C)C2)CCN1. The van der Waals surface area contributed by atoms with E-state index in [1.165, 1.54) is 25.9 Å². The maximum Gasteiger partial charge on any atom is 0.222 e. The van der Waals surface area contributed by atoms with Gasteiger partial charge in [0.2, 0.25) is 5.91 Å². The second-order valence-corrected chi connectivity index (χ2v) is 6.00. The second-order valence-electron chi connectivity index (χ2n) is 6.00. The van der Waals surface area contributed by atoms with Crippen LogP contribution in [0.25, 0.3) is 0 Å². The van der Waals surface area contributed by atoms with Crippen molar-refractivity contribution in [3.63, 3.8) is 0 Å².